The van der Waals surface area contributed by atoms with Gasteiger partial charge >= 0.3 is 0 Å². The van der Waals surface area contributed by atoms with Gasteiger partial charge in [-0.05, 0) is 12.1 Å². The summed E-state index contributed by atoms with van der Waals surface area (Å²) < 4.78 is 0. The zero-order valence-corrected chi connectivity index (χ0v) is 9.43. The Morgan fingerprint density at radius 2 is 2.13 bits per heavy atom. The molecule has 0 aliphatic rings. The number of nitrogens with one attached hydrogen (secondary N) is 1. The lowest BCUT2D eigenvalue weighted by Crippen LogP contribution is -2.18. The SMILES string of the molecule is C=CC(=C)Sc1ccccc1C(=O)NC. The maximum Gasteiger partial charge on any atom is 0.252 e. The van der Waals surface area contributed by atoms with Gasteiger partial charge in [0.2, 0.25) is 0 Å². The van der Waals surface area contributed by atoms with Crippen molar-refractivity contribution in [2.45, 2.75) is 4.90 Å². The molecule has 78 valence electrons. The van der Waals surface area contributed by atoms with Gasteiger partial charge in [0.05, 0.1) is 5.56 Å². The van der Waals surface area contributed by atoms with Gasteiger partial charge in [0.25, 0.3) is 5.91 Å². The second-order valence-electron chi connectivity index (χ2n) is 2.85. The summed E-state index contributed by atoms with van der Waals surface area (Å²) in [5, 5.41) is 2.61. The Hall–Kier alpha value is -1.48. The van der Waals surface area contributed by atoms with Gasteiger partial charge in [-0.15, -0.1) is 0 Å². The highest BCUT2D eigenvalue weighted by atomic mass is 32.2. The molecule has 0 bridgehead atoms. The van der Waals surface area contributed by atoms with Gasteiger partial charge in [0.15, 0.2) is 0 Å². The minimum Gasteiger partial charge on any atom is -0.355 e. The molecule has 0 fully saturated rings. The molecule has 2 nitrogen and oxygen atoms in total. The van der Waals surface area contributed by atoms with E-state index in [-0.39, 0.29) is 5.91 Å². The monoisotopic (exact) mass is 219 g/mol. The highest BCUT2D eigenvalue weighted by Gasteiger charge is 2.09. The largest absolute Gasteiger partial charge is 0.355 e. The second kappa shape index (κ2) is 5.41. The molecule has 0 aliphatic carbocycles. The van der Waals surface area contributed by atoms with Crippen LogP contribution >= 0.6 is 11.8 Å². The molecule has 0 radical (unpaired) electrons. The van der Waals surface area contributed by atoms with Crippen molar-refractivity contribution in [3.05, 3.63) is 54.0 Å². The number of hydrogen-bond acceptors (Lipinski definition) is 2. The Morgan fingerprint density at radius 3 is 2.73 bits per heavy atom. The van der Waals surface area contributed by atoms with Crippen molar-refractivity contribution < 1.29 is 4.79 Å². The predicted octanol–water partition coefficient (Wildman–Crippen LogP) is 2.84. The fourth-order valence-electron chi connectivity index (χ4n) is 1.06. The highest BCUT2D eigenvalue weighted by Crippen LogP contribution is 2.28. The summed E-state index contributed by atoms with van der Waals surface area (Å²) in [5.41, 5.74) is 0.660. The molecule has 1 aromatic carbocycles. The standard InChI is InChI=1S/C12H13NOS/c1-4-9(2)15-11-8-6-5-7-10(11)12(14)13-3/h4-8H,1-2H2,3H3,(H,13,14). The van der Waals surface area contributed by atoms with Crippen molar-refractivity contribution in [1.82, 2.24) is 5.32 Å². The summed E-state index contributed by atoms with van der Waals surface area (Å²) in [6.45, 7) is 7.44. The molecule has 0 aromatic heterocycles. The summed E-state index contributed by atoms with van der Waals surface area (Å²) in [6.07, 6.45) is 1.67. The van der Waals surface area contributed by atoms with Crippen LogP contribution in [0.15, 0.2) is 53.3 Å². The fourth-order valence-corrected chi connectivity index (χ4v) is 1.84. The van der Waals surface area contributed by atoms with Crippen molar-refractivity contribution in [1.29, 1.82) is 0 Å². The molecule has 0 spiro atoms. The molecule has 0 aliphatic heterocycles. The number of rotatable bonds is 4. The van der Waals surface area contributed by atoms with Crippen LogP contribution in [0, 0.1) is 0 Å². The topological polar surface area (TPSA) is 29.1 Å². The number of amides is 1. The first-order valence-electron chi connectivity index (χ1n) is 4.49. The maximum absolute atomic E-state index is 11.5. The average molecular weight is 219 g/mol. The maximum atomic E-state index is 11.5. The normalized spacial score (nSPS) is 9.40. The van der Waals surface area contributed by atoms with Crippen molar-refractivity contribution in [2.24, 2.45) is 0 Å². The van der Waals surface area contributed by atoms with Gasteiger partial charge < -0.3 is 5.32 Å². The molecule has 15 heavy (non-hydrogen) atoms. The predicted molar refractivity (Wildman–Crippen MR) is 65.0 cm³/mol. The summed E-state index contributed by atoms with van der Waals surface area (Å²) in [6, 6.07) is 7.41. The van der Waals surface area contributed by atoms with Gasteiger partial charge in [0, 0.05) is 16.8 Å². The van der Waals surface area contributed by atoms with Crippen LogP contribution in [0.2, 0.25) is 0 Å². The lowest BCUT2D eigenvalue weighted by Gasteiger charge is -2.07. The van der Waals surface area contributed by atoms with E-state index in [9.17, 15) is 4.79 Å². The quantitative estimate of drug-likeness (QED) is 0.623. The van der Waals surface area contributed by atoms with E-state index in [0.717, 1.165) is 9.80 Å². The molecule has 1 rings (SSSR count). The number of thioether (sulfide) groups is 1. The van der Waals surface area contributed by atoms with Crippen LogP contribution in [0.1, 0.15) is 10.4 Å². The molecule has 0 atom stereocenters. The molecule has 1 N–H and O–H groups in total. The van der Waals surface area contributed by atoms with Crippen LogP contribution in [-0.4, -0.2) is 13.0 Å². The van der Waals surface area contributed by atoms with E-state index in [2.05, 4.69) is 18.5 Å². The van der Waals surface area contributed by atoms with Gasteiger partial charge in [-0.1, -0.05) is 43.1 Å². The third kappa shape index (κ3) is 2.99. The van der Waals surface area contributed by atoms with Crippen molar-refractivity contribution in [3.63, 3.8) is 0 Å². The molecule has 1 aromatic rings. The lowest BCUT2D eigenvalue weighted by molar-refractivity contribution is 0.0960. The van der Waals surface area contributed by atoms with Crippen molar-refractivity contribution >= 4 is 17.7 Å². The Balaban J connectivity index is 3.01. The zero-order chi connectivity index (χ0) is 11.3. The highest BCUT2D eigenvalue weighted by molar-refractivity contribution is 8.03. The third-order valence-electron chi connectivity index (χ3n) is 1.83. The molecule has 3 heteroatoms. The summed E-state index contributed by atoms with van der Waals surface area (Å²) in [4.78, 5) is 13.2. The average Bonchev–Trinajstić information content (AvgIpc) is 2.28. The first kappa shape index (κ1) is 11.6. The molecule has 1 amide bonds. The summed E-state index contributed by atoms with van der Waals surface area (Å²) >= 11 is 1.44. The summed E-state index contributed by atoms with van der Waals surface area (Å²) in [5.74, 6) is -0.0880. The van der Waals surface area contributed by atoms with Crippen molar-refractivity contribution in [3.8, 4) is 0 Å². The molecule has 0 unspecified atom stereocenters. The van der Waals surface area contributed by atoms with E-state index in [4.69, 9.17) is 0 Å². The molecule has 0 heterocycles. The van der Waals surface area contributed by atoms with Crippen LogP contribution < -0.4 is 5.32 Å². The van der Waals surface area contributed by atoms with Gasteiger partial charge in [0.1, 0.15) is 0 Å². The van der Waals surface area contributed by atoms with E-state index in [1.54, 1.807) is 19.2 Å². The molecule has 0 saturated heterocycles. The Labute approximate surface area is 94.1 Å². The molecular weight excluding hydrogens is 206 g/mol. The van der Waals surface area contributed by atoms with Crippen LogP contribution in [0.5, 0.6) is 0 Å². The van der Waals surface area contributed by atoms with E-state index in [1.807, 2.05) is 18.2 Å². The lowest BCUT2D eigenvalue weighted by atomic mass is 10.2. The van der Waals surface area contributed by atoms with Crippen LogP contribution in [0.25, 0.3) is 0 Å². The second-order valence-corrected chi connectivity index (χ2v) is 4.02. The van der Waals surface area contributed by atoms with Crippen LogP contribution in [0.4, 0.5) is 0 Å². The first-order valence-corrected chi connectivity index (χ1v) is 5.31. The Kier molecular flexibility index (Phi) is 4.18. The van der Waals surface area contributed by atoms with Gasteiger partial charge in [-0.2, -0.15) is 0 Å². The number of benzene rings is 1. The minimum atomic E-state index is -0.0880. The Bertz CT molecular complexity index is 398. The number of hydrogen-bond donors (Lipinski definition) is 1. The van der Waals surface area contributed by atoms with E-state index in [0.29, 0.717) is 5.56 Å². The van der Waals surface area contributed by atoms with Crippen LogP contribution in [-0.2, 0) is 0 Å². The number of carbonyl (C=O) groups is 1. The summed E-state index contributed by atoms with van der Waals surface area (Å²) in [7, 11) is 1.62. The van der Waals surface area contributed by atoms with E-state index < -0.39 is 0 Å². The number of allylic oxidation sites excluding steroid dienone is 1. The fraction of sp³-hybridized carbons (Fsp3) is 0.0833. The van der Waals surface area contributed by atoms with Crippen LogP contribution in [0.3, 0.4) is 0 Å². The Morgan fingerprint density at radius 1 is 1.47 bits per heavy atom. The first-order chi connectivity index (χ1) is 7.19. The van der Waals surface area contributed by atoms with E-state index in [1.165, 1.54) is 11.8 Å². The smallest absolute Gasteiger partial charge is 0.252 e. The van der Waals surface area contributed by atoms with Gasteiger partial charge in [-0.25, -0.2) is 0 Å². The molecule has 0 saturated carbocycles. The number of carbonyl (C=O) groups excluding carboxylic acids is 1. The zero-order valence-electron chi connectivity index (χ0n) is 8.62. The third-order valence-corrected chi connectivity index (χ3v) is 2.83. The van der Waals surface area contributed by atoms with Crippen molar-refractivity contribution in [2.75, 3.05) is 7.05 Å². The molecular formula is C12H13NOS. The van der Waals surface area contributed by atoms with Gasteiger partial charge in [-0.3, -0.25) is 4.79 Å². The van der Waals surface area contributed by atoms with E-state index >= 15 is 0 Å². The minimum absolute atomic E-state index is 0.0880.